The van der Waals surface area contributed by atoms with Gasteiger partial charge in [0.25, 0.3) is 0 Å². The third kappa shape index (κ3) is 2.98. The van der Waals surface area contributed by atoms with E-state index in [-0.39, 0.29) is 18.1 Å². The molecule has 0 saturated heterocycles. The summed E-state index contributed by atoms with van der Waals surface area (Å²) in [6.45, 7) is 2.42. The molecular formula is C14H19NO4. The molecule has 2 atom stereocenters. The first-order valence-corrected chi connectivity index (χ1v) is 6.30. The fourth-order valence-electron chi connectivity index (χ4n) is 2.22. The number of carbonyl (C=O) groups excluding carboxylic acids is 1. The molecule has 0 spiro atoms. The van der Waals surface area contributed by atoms with E-state index in [4.69, 9.17) is 14.2 Å². The third-order valence-electron chi connectivity index (χ3n) is 3.26. The predicted molar refractivity (Wildman–Crippen MR) is 70.5 cm³/mol. The standard InChI is InChI=1S/C14H19NO4/c1-9(14(16)18-3)15-12-6-7-19-13-5-4-10(17-2)8-11(12)13/h4-5,8-9,12,15H,6-7H2,1-3H3. The van der Waals surface area contributed by atoms with E-state index in [9.17, 15) is 4.79 Å². The first-order valence-electron chi connectivity index (χ1n) is 6.30. The van der Waals surface area contributed by atoms with Crippen LogP contribution in [0.3, 0.4) is 0 Å². The number of carbonyl (C=O) groups is 1. The largest absolute Gasteiger partial charge is 0.497 e. The lowest BCUT2D eigenvalue weighted by atomic mass is 9.99. The third-order valence-corrected chi connectivity index (χ3v) is 3.26. The van der Waals surface area contributed by atoms with Gasteiger partial charge in [0.2, 0.25) is 0 Å². The minimum atomic E-state index is -0.354. The Bertz CT molecular complexity index is 461. The van der Waals surface area contributed by atoms with Crippen molar-refractivity contribution >= 4 is 5.97 Å². The van der Waals surface area contributed by atoms with Gasteiger partial charge < -0.3 is 14.2 Å². The number of benzene rings is 1. The van der Waals surface area contributed by atoms with Crippen molar-refractivity contribution in [2.24, 2.45) is 0 Å². The molecule has 2 unspecified atom stereocenters. The molecule has 0 bridgehead atoms. The molecular weight excluding hydrogens is 246 g/mol. The van der Waals surface area contributed by atoms with Crippen LogP contribution in [0.1, 0.15) is 24.9 Å². The highest BCUT2D eigenvalue weighted by Crippen LogP contribution is 2.34. The molecule has 5 nitrogen and oxygen atoms in total. The monoisotopic (exact) mass is 265 g/mol. The topological polar surface area (TPSA) is 56.8 Å². The summed E-state index contributed by atoms with van der Waals surface area (Å²) in [6.07, 6.45) is 0.807. The molecule has 1 aromatic carbocycles. The van der Waals surface area contributed by atoms with Crippen LogP contribution < -0.4 is 14.8 Å². The van der Waals surface area contributed by atoms with Crippen molar-refractivity contribution < 1.29 is 19.0 Å². The van der Waals surface area contributed by atoms with Crippen molar-refractivity contribution in [3.8, 4) is 11.5 Å². The van der Waals surface area contributed by atoms with Gasteiger partial charge in [0, 0.05) is 18.0 Å². The van der Waals surface area contributed by atoms with E-state index in [0.29, 0.717) is 6.61 Å². The second-order valence-corrected chi connectivity index (χ2v) is 4.50. The molecule has 0 aromatic heterocycles. The minimum Gasteiger partial charge on any atom is -0.497 e. The smallest absolute Gasteiger partial charge is 0.322 e. The zero-order valence-electron chi connectivity index (χ0n) is 11.4. The van der Waals surface area contributed by atoms with Gasteiger partial charge in [-0.2, -0.15) is 0 Å². The van der Waals surface area contributed by atoms with E-state index in [1.165, 1.54) is 7.11 Å². The molecule has 2 rings (SSSR count). The molecule has 1 aromatic rings. The van der Waals surface area contributed by atoms with Crippen molar-refractivity contribution in [1.29, 1.82) is 0 Å². The fourth-order valence-corrected chi connectivity index (χ4v) is 2.22. The van der Waals surface area contributed by atoms with Crippen LogP contribution in [0.25, 0.3) is 0 Å². The molecule has 1 aliphatic rings. The Balaban J connectivity index is 2.18. The summed E-state index contributed by atoms with van der Waals surface area (Å²) in [5.41, 5.74) is 1.02. The SMILES string of the molecule is COC(=O)C(C)NC1CCOc2ccc(OC)cc21. The van der Waals surface area contributed by atoms with Crippen LogP contribution in [-0.4, -0.2) is 32.8 Å². The van der Waals surface area contributed by atoms with E-state index >= 15 is 0 Å². The van der Waals surface area contributed by atoms with Crippen LogP contribution in [0, 0.1) is 0 Å². The molecule has 0 aliphatic carbocycles. The molecule has 104 valence electrons. The van der Waals surface area contributed by atoms with E-state index in [1.807, 2.05) is 18.2 Å². The van der Waals surface area contributed by atoms with E-state index < -0.39 is 0 Å². The number of esters is 1. The molecule has 0 fully saturated rings. The molecule has 0 amide bonds. The van der Waals surface area contributed by atoms with E-state index in [1.54, 1.807) is 14.0 Å². The maximum absolute atomic E-state index is 11.5. The Kier molecular flexibility index (Phi) is 4.27. The second-order valence-electron chi connectivity index (χ2n) is 4.50. The Hall–Kier alpha value is -1.75. The van der Waals surface area contributed by atoms with E-state index in [2.05, 4.69) is 5.32 Å². The molecule has 1 aliphatic heterocycles. The molecule has 0 radical (unpaired) electrons. The number of methoxy groups -OCH3 is 2. The molecule has 1 heterocycles. The average molecular weight is 265 g/mol. The molecule has 1 N–H and O–H groups in total. The van der Waals surface area contributed by atoms with Crippen LogP contribution in [0.2, 0.25) is 0 Å². The highest BCUT2D eigenvalue weighted by atomic mass is 16.5. The number of fused-ring (bicyclic) bond motifs is 1. The van der Waals surface area contributed by atoms with Crippen molar-refractivity contribution in [2.75, 3.05) is 20.8 Å². The number of ether oxygens (including phenoxy) is 3. The summed E-state index contributed by atoms with van der Waals surface area (Å²) >= 11 is 0. The highest BCUT2D eigenvalue weighted by Gasteiger charge is 2.25. The van der Waals surface area contributed by atoms with Crippen LogP contribution in [0.5, 0.6) is 11.5 Å². The first-order chi connectivity index (χ1) is 9.15. The van der Waals surface area contributed by atoms with Crippen LogP contribution >= 0.6 is 0 Å². The highest BCUT2D eigenvalue weighted by molar-refractivity contribution is 5.75. The van der Waals surface area contributed by atoms with Gasteiger partial charge in [-0.25, -0.2) is 0 Å². The fraction of sp³-hybridized carbons (Fsp3) is 0.500. The van der Waals surface area contributed by atoms with Gasteiger partial charge in [-0.15, -0.1) is 0 Å². The summed E-state index contributed by atoms with van der Waals surface area (Å²) < 4.78 is 15.6. The Morgan fingerprint density at radius 1 is 1.47 bits per heavy atom. The summed E-state index contributed by atoms with van der Waals surface area (Å²) in [4.78, 5) is 11.5. The quantitative estimate of drug-likeness (QED) is 0.839. The van der Waals surface area contributed by atoms with Gasteiger partial charge in [-0.05, 0) is 25.1 Å². The summed E-state index contributed by atoms with van der Waals surface area (Å²) in [5.74, 6) is 1.35. The lowest BCUT2D eigenvalue weighted by molar-refractivity contribution is -0.142. The van der Waals surface area contributed by atoms with Gasteiger partial charge in [0.05, 0.1) is 20.8 Å². The Morgan fingerprint density at radius 2 is 2.26 bits per heavy atom. The zero-order valence-corrected chi connectivity index (χ0v) is 11.4. The maximum atomic E-state index is 11.5. The van der Waals surface area contributed by atoms with Crippen LogP contribution in [-0.2, 0) is 9.53 Å². The predicted octanol–water partition coefficient (Wildman–Crippen LogP) is 1.67. The molecule has 5 heteroatoms. The number of rotatable bonds is 4. The summed E-state index contributed by atoms with van der Waals surface area (Å²) in [6, 6.07) is 5.41. The van der Waals surface area contributed by atoms with Gasteiger partial charge >= 0.3 is 5.97 Å². The molecule has 0 saturated carbocycles. The normalized spacial score (nSPS) is 19.0. The van der Waals surface area contributed by atoms with Crippen LogP contribution in [0.15, 0.2) is 18.2 Å². The zero-order chi connectivity index (χ0) is 13.8. The van der Waals surface area contributed by atoms with Gasteiger partial charge in [-0.1, -0.05) is 0 Å². The van der Waals surface area contributed by atoms with Crippen molar-refractivity contribution in [2.45, 2.75) is 25.4 Å². The van der Waals surface area contributed by atoms with Gasteiger partial charge in [0.1, 0.15) is 17.5 Å². The lowest BCUT2D eigenvalue weighted by Crippen LogP contribution is -2.39. The molecule has 19 heavy (non-hydrogen) atoms. The summed E-state index contributed by atoms with van der Waals surface area (Å²) in [7, 11) is 3.02. The van der Waals surface area contributed by atoms with Crippen molar-refractivity contribution in [3.63, 3.8) is 0 Å². The average Bonchev–Trinajstić information content (AvgIpc) is 2.46. The van der Waals surface area contributed by atoms with Crippen LogP contribution in [0.4, 0.5) is 0 Å². The summed E-state index contributed by atoms with van der Waals surface area (Å²) in [5, 5.41) is 3.27. The second kappa shape index (κ2) is 5.93. The number of nitrogens with one attached hydrogen (secondary N) is 1. The Labute approximate surface area is 112 Å². The van der Waals surface area contributed by atoms with Gasteiger partial charge in [0.15, 0.2) is 0 Å². The first kappa shape index (κ1) is 13.7. The van der Waals surface area contributed by atoms with Crippen molar-refractivity contribution in [3.05, 3.63) is 23.8 Å². The lowest BCUT2D eigenvalue weighted by Gasteiger charge is -2.28. The minimum absolute atomic E-state index is 0.0629. The number of hydrogen-bond donors (Lipinski definition) is 1. The van der Waals surface area contributed by atoms with E-state index in [0.717, 1.165) is 23.5 Å². The van der Waals surface area contributed by atoms with Gasteiger partial charge in [-0.3, -0.25) is 10.1 Å². The number of hydrogen-bond acceptors (Lipinski definition) is 5. The Morgan fingerprint density at radius 3 is 2.95 bits per heavy atom. The van der Waals surface area contributed by atoms with Crippen molar-refractivity contribution in [1.82, 2.24) is 5.32 Å². The maximum Gasteiger partial charge on any atom is 0.322 e.